The van der Waals surface area contributed by atoms with Crippen molar-refractivity contribution in [3.05, 3.63) is 48.0 Å². The number of benzene rings is 2. The summed E-state index contributed by atoms with van der Waals surface area (Å²) in [4.78, 5) is 3.50. The van der Waals surface area contributed by atoms with Gasteiger partial charge in [0.25, 0.3) is 0 Å². The van der Waals surface area contributed by atoms with Crippen LogP contribution in [-0.4, -0.2) is 21.8 Å². The Morgan fingerprint density at radius 2 is 1.65 bits per heavy atom. The molecule has 4 rings (SSSR count). The number of piperidine rings is 1. The minimum atomic E-state index is 0.740. The molecule has 2 saturated heterocycles. The highest BCUT2D eigenvalue weighted by Gasteiger charge is 2.39. The smallest absolute Gasteiger partial charge is 0.0245 e. The summed E-state index contributed by atoms with van der Waals surface area (Å²) in [5.41, 5.74) is 1.49. The van der Waals surface area contributed by atoms with E-state index in [0.29, 0.717) is 0 Å². The fourth-order valence-electron chi connectivity index (χ4n) is 4.09. The van der Waals surface area contributed by atoms with Gasteiger partial charge in [0.15, 0.2) is 0 Å². The summed E-state index contributed by atoms with van der Waals surface area (Å²) in [5, 5.41) is 2.79. The van der Waals surface area contributed by atoms with Crippen molar-refractivity contribution in [2.24, 2.45) is 0 Å². The van der Waals surface area contributed by atoms with E-state index in [0.717, 1.165) is 23.5 Å². The van der Waals surface area contributed by atoms with Gasteiger partial charge in [-0.05, 0) is 42.0 Å². The SMILES string of the molecule is BrC1CC2CCC(C1)N2Cc1cccc2ccccc12. The molecule has 104 valence electrons. The molecule has 2 heterocycles. The van der Waals surface area contributed by atoms with Crippen LogP contribution in [0, 0.1) is 0 Å². The molecule has 1 nitrogen and oxygen atoms in total. The van der Waals surface area contributed by atoms with Gasteiger partial charge in [0, 0.05) is 23.5 Å². The van der Waals surface area contributed by atoms with Gasteiger partial charge in [-0.25, -0.2) is 0 Å². The van der Waals surface area contributed by atoms with Crippen LogP contribution in [0.25, 0.3) is 10.8 Å². The third-order valence-corrected chi connectivity index (χ3v) is 5.81. The Kier molecular flexibility index (Phi) is 3.31. The van der Waals surface area contributed by atoms with E-state index < -0.39 is 0 Å². The van der Waals surface area contributed by atoms with Gasteiger partial charge in [0.05, 0.1) is 0 Å². The van der Waals surface area contributed by atoms with E-state index in [2.05, 4.69) is 63.3 Å². The number of halogens is 1. The van der Waals surface area contributed by atoms with Crippen molar-refractivity contribution in [2.45, 2.75) is 49.1 Å². The van der Waals surface area contributed by atoms with Crippen molar-refractivity contribution in [2.75, 3.05) is 0 Å². The zero-order chi connectivity index (χ0) is 13.5. The van der Waals surface area contributed by atoms with Crippen LogP contribution in [0.5, 0.6) is 0 Å². The first-order valence-electron chi connectivity index (χ1n) is 7.68. The molecule has 2 bridgehead atoms. The standard InChI is InChI=1S/C18H20BrN/c19-15-10-16-8-9-17(11-15)20(16)12-14-6-3-5-13-4-1-2-7-18(13)14/h1-7,15-17H,8-12H2. The maximum atomic E-state index is 3.84. The van der Waals surface area contributed by atoms with Crippen LogP contribution in [0.2, 0.25) is 0 Å². The summed E-state index contributed by atoms with van der Waals surface area (Å²) in [5.74, 6) is 0. The zero-order valence-corrected chi connectivity index (χ0v) is 13.2. The molecule has 2 heteroatoms. The molecule has 2 unspecified atom stereocenters. The molecular weight excluding hydrogens is 310 g/mol. The Morgan fingerprint density at radius 1 is 0.950 bits per heavy atom. The van der Waals surface area contributed by atoms with Gasteiger partial charge in [-0.15, -0.1) is 0 Å². The zero-order valence-electron chi connectivity index (χ0n) is 11.6. The normalized spacial score (nSPS) is 29.9. The Labute approximate surface area is 129 Å². The Balaban J connectivity index is 1.65. The highest BCUT2D eigenvalue weighted by molar-refractivity contribution is 9.09. The quantitative estimate of drug-likeness (QED) is 0.720. The molecule has 0 spiro atoms. The number of hydrogen-bond acceptors (Lipinski definition) is 1. The largest absolute Gasteiger partial charge is 0.293 e. The van der Waals surface area contributed by atoms with Gasteiger partial charge in [-0.2, -0.15) is 0 Å². The molecule has 0 N–H and O–H groups in total. The van der Waals surface area contributed by atoms with Crippen LogP contribution in [0.1, 0.15) is 31.2 Å². The molecule has 2 aromatic rings. The fraction of sp³-hybridized carbons (Fsp3) is 0.444. The summed E-state index contributed by atoms with van der Waals surface area (Å²) < 4.78 is 0. The van der Waals surface area contributed by atoms with Gasteiger partial charge < -0.3 is 0 Å². The maximum absolute atomic E-state index is 3.84. The monoisotopic (exact) mass is 329 g/mol. The number of hydrogen-bond donors (Lipinski definition) is 0. The van der Waals surface area contributed by atoms with Crippen molar-refractivity contribution in [3.63, 3.8) is 0 Å². The van der Waals surface area contributed by atoms with Crippen LogP contribution in [0.15, 0.2) is 42.5 Å². The van der Waals surface area contributed by atoms with Gasteiger partial charge in [-0.3, -0.25) is 4.90 Å². The van der Waals surface area contributed by atoms with E-state index in [9.17, 15) is 0 Å². The highest BCUT2D eigenvalue weighted by Crippen LogP contribution is 2.39. The second-order valence-electron chi connectivity index (χ2n) is 6.26. The highest BCUT2D eigenvalue weighted by atomic mass is 79.9. The van der Waals surface area contributed by atoms with E-state index in [1.54, 1.807) is 0 Å². The Bertz CT molecular complexity index is 604. The lowest BCUT2D eigenvalue weighted by molar-refractivity contribution is 0.137. The lowest BCUT2D eigenvalue weighted by Crippen LogP contribution is -2.42. The summed E-state index contributed by atoms with van der Waals surface area (Å²) in [6.07, 6.45) is 5.41. The second kappa shape index (κ2) is 5.16. The van der Waals surface area contributed by atoms with E-state index in [1.165, 1.54) is 42.0 Å². The summed E-state index contributed by atoms with van der Waals surface area (Å²) in [6.45, 7) is 1.12. The lowest BCUT2D eigenvalue weighted by atomic mass is 9.99. The first kappa shape index (κ1) is 12.8. The summed E-state index contributed by atoms with van der Waals surface area (Å²) >= 11 is 3.84. The van der Waals surface area contributed by atoms with Crippen molar-refractivity contribution in [1.29, 1.82) is 0 Å². The van der Waals surface area contributed by atoms with E-state index in [1.807, 2.05) is 0 Å². The molecule has 0 aromatic heterocycles. The van der Waals surface area contributed by atoms with Crippen molar-refractivity contribution >= 4 is 26.7 Å². The van der Waals surface area contributed by atoms with Crippen LogP contribution in [-0.2, 0) is 6.54 Å². The molecule has 20 heavy (non-hydrogen) atoms. The minimum Gasteiger partial charge on any atom is -0.293 e. The molecular formula is C18H20BrN. The van der Waals surface area contributed by atoms with Gasteiger partial charge in [-0.1, -0.05) is 58.4 Å². The molecule has 2 fully saturated rings. The van der Waals surface area contributed by atoms with Gasteiger partial charge in [0.2, 0.25) is 0 Å². The van der Waals surface area contributed by atoms with Crippen LogP contribution < -0.4 is 0 Å². The predicted molar refractivity (Wildman–Crippen MR) is 88.3 cm³/mol. The van der Waals surface area contributed by atoms with E-state index in [4.69, 9.17) is 0 Å². The average Bonchev–Trinajstić information content (AvgIpc) is 2.70. The molecule has 0 aliphatic carbocycles. The number of rotatable bonds is 2. The first-order valence-corrected chi connectivity index (χ1v) is 8.59. The van der Waals surface area contributed by atoms with Crippen molar-refractivity contribution in [1.82, 2.24) is 4.90 Å². The average molecular weight is 330 g/mol. The first-order chi connectivity index (χ1) is 9.81. The topological polar surface area (TPSA) is 3.24 Å². The maximum Gasteiger partial charge on any atom is 0.0245 e. The minimum absolute atomic E-state index is 0.740. The van der Waals surface area contributed by atoms with E-state index in [-0.39, 0.29) is 0 Å². The summed E-state index contributed by atoms with van der Waals surface area (Å²) in [6, 6.07) is 17.1. The Hall–Kier alpha value is -0.860. The third kappa shape index (κ3) is 2.19. The lowest BCUT2D eigenvalue weighted by Gasteiger charge is -2.37. The van der Waals surface area contributed by atoms with Gasteiger partial charge in [0.1, 0.15) is 0 Å². The van der Waals surface area contributed by atoms with E-state index >= 15 is 0 Å². The molecule has 2 aliphatic rings. The number of nitrogens with zero attached hydrogens (tertiary/aromatic N) is 1. The molecule has 0 saturated carbocycles. The van der Waals surface area contributed by atoms with Gasteiger partial charge >= 0.3 is 0 Å². The number of alkyl halides is 1. The van der Waals surface area contributed by atoms with Crippen LogP contribution in [0.4, 0.5) is 0 Å². The second-order valence-corrected chi connectivity index (χ2v) is 7.56. The molecule has 2 aromatic carbocycles. The fourth-order valence-corrected chi connectivity index (χ4v) is 4.96. The molecule has 0 radical (unpaired) electrons. The molecule has 0 amide bonds. The number of fused-ring (bicyclic) bond motifs is 3. The molecule has 2 atom stereocenters. The molecule has 2 aliphatic heterocycles. The van der Waals surface area contributed by atoms with Crippen molar-refractivity contribution in [3.8, 4) is 0 Å². The van der Waals surface area contributed by atoms with Crippen molar-refractivity contribution < 1.29 is 0 Å². The summed E-state index contributed by atoms with van der Waals surface area (Å²) in [7, 11) is 0. The van der Waals surface area contributed by atoms with Crippen LogP contribution >= 0.6 is 15.9 Å². The Morgan fingerprint density at radius 3 is 2.45 bits per heavy atom. The van der Waals surface area contributed by atoms with Crippen LogP contribution in [0.3, 0.4) is 0 Å². The predicted octanol–water partition coefficient (Wildman–Crippen LogP) is 4.73. The third-order valence-electron chi connectivity index (χ3n) is 5.06.